The minimum atomic E-state index is -3.01. The van der Waals surface area contributed by atoms with Crippen LogP contribution in [0.15, 0.2) is 66.4 Å². The number of allylic oxidation sites excluding steroid dienone is 1. The summed E-state index contributed by atoms with van der Waals surface area (Å²) in [4.78, 5) is 17.1. The van der Waals surface area contributed by atoms with Gasteiger partial charge in [0.05, 0.1) is 16.8 Å². The van der Waals surface area contributed by atoms with Gasteiger partial charge >= 0.3 is 6.61 Å². The summed E-state index contributed by atoms with van der Waals surface area (Å²) in [6, 6.07) is 15.7. The highest BCUT2D eigenvalue weighted by Crippen LogP contribution is 2.41. The molecule has 0 aliphatic carbocycles. The number of aromatic hydroxyl groups is 1. The van der Waals surface area contributed by atoms with Gasteiger partial charge in [-0.2, -0.15) is 8.78 Å². The summed E-state index contributed by atoms with van der Waals surface area (Å²) >= 11 is 0. The number of carbonyl (C=O) groups excluding carboxylic acids is 1. The van der Waals surface area contributed by atoms with Crippen LogP contribution in [-0.2, 0) is 6.54 Å². The Labute approximate surface area is 205 Å². The first-order valence-electron chi connectivity index (χ1n) is 11.5. The van der Waals surface area contributed by atoms with E-state index in [2.05, 4.69) is 9.64 Å². The van der Waals surface area contributed by atoms with E-state index in [0.717, 1.165) is 0 Å². The van der Waals surface area contributed by atoms with Gasteiger partial charge in [0, 0.05) is 38.3 Å². The van der Waals surface area contributed by atoms with E-state index in [9.17, 15) is 23.1 Å². The Morgan fingerprint density at radius 3 is 2.47 bits per heavy atom. The molecular formula is C27H23F3N2O4. The van der Waals surface area contributed by atoms with E-state index >= 15 is 0 Å². The smallest absolute Gasteiger partial charge is 0.387 e. The van der Waals surface area contributed by atoms with Gasteiger partial charge in [-0.15, -0.1) is 0 Å². The molecule has 0 spiro atoms. The summed E-state index contributed by atoms with van der Waals surface area (Å²) in [7, 11) is 0. The van der Waals surface area contributed by atoms with Crippen LogP contribution >= 0.6 is 0 Å². The third kappa shape index (κ3) is 4.74. The van der Waals surface area contributed by atoms with Crippen LogP contribution < -0.4 is 14.4 Å². The molecule has 1 N–H and O–H groups in total. The fourth-order valence-corrected chi connectivity index (χ4v) is 4.47. The van der Waals surface area contributed by atoms with Crippen molar-refractivity contribution >= 4 is 17.5 Å². The molecule has 0 aromatic heterocycles. The number of ether oxygens (including phenoxy) is 2. The molecule has 2 heterocycles. The number of carbonyl (C=O) groups is 1. The molecule has 0 saturated carbocycles. The van der Waals surface area contributed by atoms with Crippen LogP contribution in [-0.4, -0.2) is 48.6 Å². The zero-order valence-electron chi connectivity index (χ0n) is 19.2. The number of benzene rings is 3. The van der Waals surface area contributed by atoms with Crippen LogP contribution in [0.3, 0.4) is 0 Å². The number of halogens is 3. The van der Waals surface area contributed by atoms with Gasteiger partial charge in [-0.3, -0.25) is 9.69 Å². The van der Waals surface area contributed by atoms with Gasteiger partial charge in [0.15, 0.2) is 5.76 Å². The Kier molecular flexibility index (Phi) is 6.56. The Hall–Kier alpha value is -3.98. The maximum absolute atomic E-state index is 14.2. The second-order valence-electron chi connectivity index (χ2n) is 8.51. The SMILES string of the molecule is O=C1/C(=C/c2ccccc2OC(F)F)Oc2c1ccc(O)c2CN1CCN(c2ccccc2F)CC1. The van der Waals surface area contributed by atoms with Gasteiger partial charge < -0.3 is 19.5 Å². The highest BCUT2D eigenvalue weighted by molar-refractivity contribution is 6.15. The van der Waals surface area contributed by atoms with Crippen molar-refractivity contribution in [1.82, 2.24) is 4.90 Å². The molecule has 186 valence electrons. The highest BCUT2D eigenvalue weighted by atomic mass is 19.3. The topological polar surface area (TPSA) is 62.2 Å². The van der Waals surface area contributed by atoms with E-state index in [1.54, 1.807) is 30.3 Å². The van der Waals surface area contributed by atoms with E-state index in [4.69, 9.17) is 4.74 Å². The van der Waals surface area contributed by atoms with Gasteiger partial charge in [-0.1, -0.05) is 30.3 Å². The Morgan fingerprint density at radius 2 is 1.72 bits per heavy atom. The van der Waals surface area contributed by atoms with Crippen molar-refractivity contribution in [2.75, 3.05) is 31.1 Å². The molecule has 3 aromatic rings. The first-order valence-corrected chi connectivity index (χ1v) is 11.5. The molecular weight excluding hydrogens is 473 g/mol. The largest absolute Gasteiger partial charge is 0.507 e. The number of alkyl halides is 2. The van der Waals surface area contributed by atoms with Crippen LogP contribution in [0.25, 0.3) is 6.08 Å². The number of rotatable bonds is 6. The quantitative estimate of drug-likeness (QED) is 0.481. The van der Waals surface area contributed by atoms with Gasteiger partial charge in [0.25, 0.3) is 0 Å². The third-order valence-corrected chi connectivity index (χ3v) is 6.29. The summed E-state index contributed by atoms with van der Waals surface area (Å²) in [5, 5.41) is 10.6. The number of Topliss-reactive ketones (excluding diaryl/α,β-unsaturated/α-hetero) is 1. The summed E-state index contributed by atoms with van der Waals surface area (Å²) in [5.74, 6) is -0.579. The molecule has 2 aliphatic rings. The van der Waals surface area contributed by atoms with Crippen molar-refractivity contribution in [3.63, 3.8) is 0 Å². The zero-order valence-corrected chi connectivity index (χ0v) is 19.2. The second kappa shape index (κ2) is 9.94. The number of nitrogens with zero attached hydrogens (tertiary/aromatic N) is 2. The van der Waals surface area contributed by atoms with E-state index < -0.39 is 12.4 Å². The minimum absolute atomic E-state index is 0.0132. The average molecular weight is 496 g/mol. The molecule has 0 amide bonds. The lowest BCUT2D eigenvalue weighted by molar-refractivity contribution is -0.0500. The number of hydrogen-bond donors (Lipinski definition) is 1. The molecule has 3 aromatic carbocycles. The Morgan fingerprint density at radius 1 is 1.00 bits per heavy atom. The van der Waals surface area contributed by atoms with Gasteiger partial charge in [0.2, 0.25) is 5.78 Å². The van der Waals surface area contributed by atoms with E-state index in [1.165, 1.54) is 36.4 Å². The molecule has 9 heteroatoms. The lowest BCUT2D eigenvalue weighted by Crippen LogP contribution is -2.46. The van der Waals surface area contributed by atoms with E-state index in [0.29, 0.717) is 44.0 Å². The molecule has 6 nitrogen and oxygen atoms in total. The molecule has 0 radical (unpaired) electrons. The monoisotopic (exact) mass is 496 g/mol. The number of fused-ring (bicyclic) bond motifs is 1. The first kappa shape index (κ1) is 23.7. The van der Waals surface area contributed by atoms with Crippen LogP contribution in [0.1, 0.15) is 21.5 Å². The molecule has 0 atom stereocenters. The number of ketones is 1. The highest BCUT2D eigenvalue weighted by Gasteiger charge is 2.32. The van der Waals surface area contributed by atoms with Gasteiger partial charge in [-0.25, -0.2) is 4.39 Å². The fraction of sp³-hybridized carbons (Fsp3) is 0.222. The molecule has 5 rings (SSSR count). The van der Waals surface area contributed by atoms with Crippen molar-refractivity contribution in [2.45, 2.75) is 13.2 Å². The van der Waals surface area contributed by atoms with Crippen LogP contribution in [0.4, 0.5) is 18.9 Å². The normalized spacial score (nSPS) is 16.9. The molecule has 0 bridgehead atoms. The Balaban J connectivity index is 1.34. The number of anilines is 1. The Bertz CT molecular complexity index is 1320. The van der Waals surface area contributed by atoms with E-state index in [1.807, 2.05) is 4.90 Å². The molecule has 1 saturated heterocycles. The van der Waals surface area contributed by atoms with Crippen molar-refractivity contribution in [3.05, 3.63) is 88.9 Å². The number of phenolic OH excluding ortho intramolecular Hbond substituents is 1. The van der Waals surface area contributed by atoms with Crippen LogP contribution in [0.2, 0.25) is 0 Å². The summed E-state index contributed by atoms with van der Waals surface area (Å²) in [5.41, 5.74) is 1.57. The van der Waals surface area contributed by atoms with E-state index in [-0.39, 0.29) is 40.0 Å². The van der Waals surface area contributed by atoms with Crippen molar-refractivity contribution < 1.29 is 32.5 Å². The van der Waals surface area contributed by atoms with Crippen molar-refractivity contribution in [1.29, 1.82) is 0 Å². The molecule has 1 fully saturated rings. The van der Waals surface area contributed by atoms with Gasteiger partial charge in [-0.05, 0) is 36.4 Å². The lowest BCUT2D eigenvalue weighted by atomic mass is 10.0. The molecule has 36 heavy (non-hydrogen) atoms. The van der Waals surface area contributed by atoms with Crippen LogP contribution in [0.5, 0.6) is 17.2 Å². The number of phenols is 1. The molecule has 0 unspecified atom stereocenters. The third-order valence-electron chi connectivity index (χ3n) is 6.29. The standard InChI is InChI=1S/C27H23F3N2O4/c28-20-6-2-3-7-21(20)32-13-11-31(12-14-32)16-19-22(33)10-9-18-25(34)24(35-26(18)19)15-17-5-1-4-8-23(17)36-27(29)30/h1-10,15,27,33H,11-14,16H2/b24-15-. The maximum atomic E-state index is 14.2. The number of piperazine rings is 1. The van der Waals surface area contributed by atoms with Crippen LogP contribution in [0, 0.1) is 5.82 Å². The number of hydrogen-bond acceptors (Lipinski definition) is 6. The van der Waals surface area contributed by atoms with Crippen molar-refractivity contribution in [3.8, 4) is 17.2 Å². The predicted octanol–water partition coefficient (Wildman–Crippen LogP) is 5.07. The minimum Gasteiger partial charge on any atom is -0.507 e. The summed E-state index contributed by atoms with van der Waals surface area (Å²) < 4.78 is 50.1. The zero-order chi connectivity index (χ0) is 25.2. The molecule has 2 aliphatic heterocycles. The lowest BCUT2D eigenvalue weighted by Gasteiger charge is -2.36. The fourth-order valence-electron chi connectivity index (χ4n) is 4.47. The first-order chi connectivity index (χ1) is 17.4. The average Bonchev–Trinajstić information content (AvgIpc) is 3.18. The summed E-state index contributed by atoms with van der Waals surface area (Å²) in [6.07, 6.45) is 1.36. The maximum Gasteiger partial charge on any atom is 0.387 e. The predicted molar refractivity (Wildman–Crippen MR) is 128 cm³/mol. The second-order valence-corrected chi connectivity index (χ2v) is 8.51. The van der Waals surface area contributed by atoms with Crippen molar-refractivity contribution in [2.24, 2.45) is 0 Å². The summed E-state index contributed by atoms with van der Waals surface area (Å²) in [6.45, 7) is -0.250. The van der Waals surface area contributed by atoms with Gasteiger partial charge in [0.1, 0.15) is 23.1 Å². The number of para-hydroxylation sites is 2.